The molecule has 0 amide bonds. The summed E-state index contributed by atoms with van der Waals surface area (Å²) < 4.78 is 24.5. The molecule has 1 rings (SSSR count). The van der Waals surface area contributed by atoms with E-state index in [9.17, 15) is 13.6 Å². The Labute approximate surface area is 76.6 Å². The number of nitrogens with zero attached hydrogens (tertiary/aromatic N) is 1. The molecule has 0 aliphatic heterocycles. The quantitative estimate of drug-likeness (QED) is 0.759. The van der Waals surface area contributed by atoms with Crippen LogP contribution in [0.4, 0.5) is 8.78 Å². The molecule has 1 heterocycles. The van der Waals surface area contributed by atoms with Gasteiger partial charge in [-0.2, -0.15) is 5.26 Å². The minimum absolute atomic E-state index is 0.314. The van der Waals surface area contributed by atoms with Crippen molar-refractivity contribution in [2.24, 2.45) is 0 Å². The molecule has 3 nitrogen and oxygen atoms in total. The highest BCUT2D eigenvalue weighted by Crippen LogP contribution is 2.27. The van der Waals surface area contributed by atoms with Crippen molar-refractivity contribution in [3.8, 4) is 6.07 Å². The molecule has 13 heavy (non-hydrogen) atoms. The Kier molecular flexibility index (Phi) is 2.63. The highest BCUT2D eigenvalue weighted by Gasteiger charge is 2.19. The summed E-state index contributed by atoms with van der Waals surface area (Å²) in [5, 5.41) is 8.10. The van der Waals surface area contributed by atoms with E-state index < -0.39 is 23.1 Å². The van der Waals surface area contributed by atoms with E-state index in [2.05, 4.69) is 4.98 Å². The predicted octanol–water partition coefficient (Wildman–Crippen LogP) is 1.84. The van der Waals surface area contributed by atoms with Crippen LogP contribution in [0.3, 0.4) is 0 Å². The normalized spacial score (nSPS) is 10.1. The van der Waals surface area contributed by atoms with E-state index in [1.165, 1.54) is 6.07 Å². The maximum Gasteiger partial charge on any atom is 0.266 e. The van der Waals surface area contributed by atoms with Crippen LogP contribution < -0.4 is 5.56 Å². The van der Waals surface area contributed by atoms with Gasteiger partial charge in [-0.15, -0.1) is 0 Å². The second-order valence-corrected chi connectivity index (χ2v) is 2.57. The van der Waals surface area contributed by atoms with E-state index in [-0.39, 0.29) is 5.02 Å². The van der Waals surface area contributed by atoms with Crippen LogP contribution in [-0.4, -0.2) is 4.98 Å². The molecule has 0 aliphatic carbocycles. The zero-order chi connectivity index (χ0) is 10.0. The van der Waals surface area contributed by atoms with Crippen molar-refractivity contribution in [1.82, 2.24) is 4.98 Å². The molecule has 1 aromatic heterocycles. The van der Waals surface area contributed by atoms with Gasteiger partial charge in [-0.1, -0.05) is 11.6 Å². The van der Waals surface area contributed by atoms with Gasteiger partial charge in [-0.3, -0.25) is 4.79 Å². The Morgan fingerprint density at radius 2 is 2.23 bits per heavy atom. The number of nitriles is 1. The lowest BCUT2D eigenvalue weighted by molar-refractivity contribution is 0.151. The topological polar surface area (TPSA) is 56.6 Å². The van der Waals surface area contributed by atoms with Crippen LogP contribution in [0.2, 0.25) is 5.02 Å². The third-order valence-corrected chi connectivity index (χ3v) is 1.73. The lowest BCUT2D eigenvalue weighted by atomic mass is 10.1. The number of alkyl halides is 2. The summed E-state index contributed by atoms with van der Waals surface area (Å²) in [5.74, 6) is 0. The van der Waals surface area contributed by atoms with E-state index in [1.807, 2.05) is 0 Å². The molecule has 68 valence electrons. The van der Waals surface area contributed by atoms with Gasteiger partial charge in [-0.05, 0) is 0 Å². The summed E-state index contributed by atoms with van der Waals surface area (Å²) in [6.07, 6.45) is -1.99. The SMILES string of the molecule is N#Cc1c(C(F)F)c(Cl)c[nH]c1=O. The fourth-order valence-electron chi connectivity index (χ4n) is 0.845. The van der Waals surface area contributed by atoms with Gasteiger partial charge in [0.05, 0.1) is 10.6 Å². The van der Waals surface area contributed by atoms with E-state index in [4.69, 9.17) is 16.9 Å². The summed E-state index contributed by atoms with van der Waals surface area (Å²) >= 11 is 5.37. The largest absolute Gasteiger partial charge is 0.326 e. The number of hydrogen-bond acceptors (Lipinski definition) is 2. The van der Waals surface area contributed by atoms with Crippen molar-refractivity contribution >= 4 is 11.6 Å². The van der Waals surface area contributed by atoms with Gasteiger partial charge in [0.1, 0.15) is 11.6 Å². The molecule has 0 atom stereocenters. The van der Waals surface area contributed by atoms with Crippen LogP contribution in [0, 0.1) is 11.3 Å². The molecule has 0 bridgehead atoms. The number of halogens is 3. The highest BCUT2D eigenvalue weighted by atomic mass is 35.5. The number of pyridine rings is 1. The molecule has 0 radical (unpaired) electrons. The maximum atomic E-state index is 12.3. The van der Waals surface area contributed by atoms with Gasteiger partial charge in [0.25, 0.3) is 12.0 Å². The van der Waals surface area contributed by atoms with E-state index >= 15 is 0 Å². The first kappa shape index (κ1) is 9.68. The number of rotatable bonds is 1. The lowest BCUT2D eigenvalue weighted by Crippen LogP contribution is -2.13. The van der Waals surface area contributed by atoms with Crippen molar-refractivity contribution in [2.45, 2.75) is 6.43 Å². The molecule has 0 saturated carbocycles. The average Bonchev–Trinajstić information content (AvgIpc) is 2.07. The van der Waals surface area contributed by atoms with E-state index in [0.717, 1.165) is 6.20 Å². The Morgan fingerprint density at radius 3 is 2.62 bits per heavy atom. The molecule has 1 N–H and O–H groups in total. The number of aromatic nitrogens is 1. The first-order valence-corrected chi connectivity index (χ1v) is 3.55. The van der Waals surface area contributed by atoms with Crippen molar-refractivity contribution in [3.05, 3.63) is 32.7 Å². The van der Waals surface area contributed by atoms with Crippen LogP contribution in [0.1, 0.15) is 17.6 Å². The number of H-pyrrole nitrogens is 1. The number of hydrogen-bond donors (Lipinski definition) is 1. The standard InChI is InChI=1S/C7H3ClF2N2O/c8-4-2-12-7(13)3(1-11)5(4)6(9)10/h2,6H,(H,12,13). The van der Waals surface area contributed by atoms with Gasteiger partial charge < -0.3 is 4.98 Å². The summed E-state index contributed by atoms with van der Waals surface area (Å²) in [6.45, 7) is 0. The van der Waals surface area contributed by atoms with Gasteiger partial charge in [0.2, 0.25) is 0 Å². The van der Waals surface area contributed by atoms with Crippen molar-refractivity contribution in [2.75, 3.05) is 0 Å². The van der Waals surface area contributed by atoms with Crippen molar-refractivity contribution in [3.63, 3.8) is 0 Å². The average molecular weight is 205 g/mol. The Balaban J connectivity index is 3.56. The second kappa shape index (κ2) is 3.54. The first-order chi connectivity index (χ1) is 6.07. The van der Waals surface area contributed by atoms with Crippen LogP contribution in [0.5, 0.6) is 0 Å². The number of aromatic amines is 1. The van der Waals surface area contributed by atoms with Crippen LogP contribution in [0.15, 0.2) is 11.0 Å². The van der Waals surface area contributed by atoms with Crippen LogP contribution in [0.25, 0.3) is 0 Å². The van der Waals surface area contributed by atoms with Crippen LogP contribution in [-0.2, 0) is 0 Å². The van der Waals surface area contributed by atoms with Gasteiger partial charge >= 0.3 is 0 Å². The molecule has 0 spiro atoms. The first-order valence-electron chi connectivity index (χ1n) is 3.17. The maximum absolute atomic E-state index is 12.3. The summed E-state index contributed by atoms with van der Waals surface area (Å²) in [7, 11) is 0. The van der Waals surface area contributed by atoms with Gasteiger partial charge in [0.15, 0.2) is 0 Å². The lowest BCUT2D eigenvalue weighted by Gasteiger charge is -2.02. The van der Waals surface area contributed by atoms with E-state index in [1.54, 1.807) is 0 Å². The zero-order valence-electron chi connectivity index (χ0n) is 6.14. The minimum Gasteiger partial charge on any atom is -0.326 e. The predicted molar refractivity (Wildman–Crippen MR) is 41.7 cm³/mol. The molecule has 0 aromatic carbocycles. The molecular formula is C7H3ClF2N2O. The highest BCUT2D eigenvalue weighted by molar-refractivity contribution is 6.31. The third kappa shape index (κ3) is 1.68. The molecular weight excluding hydrogens is 202 g/mol. The summed E-state index contributed by atoms with van der Waals surface area (Å²) in [6, 6.07) is 1.38. The molecule has 0 aliphatic rings. The smallest absolute Gasteiger partial charge is 0.266 e. The monoisotopic (exact) mass is 204 g/mol. The summed E-state index contributed by atoms with van der Waals surface area (Å²) in [5.41, 5.74) is -2.21. The van der Waals surface area contributed by atoms with E-state index in [0.29, 0.717) is 0 Å². The fourth-order valence-corrected chi connectivity index (χ4v) is 1.08. The van der Waals surface area contributed by atoms with Gasteiger partial charge in [0, 0.05) is 6.20 Å². The van der Waals surface area contributed by atoms with Crippen LogP contribution >= 0.6 is 11.6 Å². The molecule has 0 unspecified atom stereocenters. The van der Waals surface area contributed by atoms with Crippen molar-refractivity contribution in [1.29, 1.82) is 5.26 Å². The molecule has 6 heteroatoms. The minimum atomic E-state index is -2.93. The number of nitrogens with one attached hydrogen (secondary N) is 1. The third-order valence-electron chi connectivity index (χ3n) is 1.41. The van der Waals surface area contributed by atoms with Crippen molar-refractivity contribution < 1.29 is 8.78 Å². The summed E-state index contributed by atoms with van der Waals surface area (Å²) in [4.78, 5) is 12.9. The Hall–Kier alpha value is -1.41. The molecule has 0 saturated heterocycles. The molecule has 1 aromatic rings. The molecule has 0 fully saturated rings. The second-order valence-electron chi connectivity index (χ2n) is 2.17. The Bertz CT molecular complexity index is 421. The fraction of sp³-hybridized carbons (Fsp3) is 0.143. The Morgan fingerprint density at radius 1 is 1.62 bits per heavy atom. The van der Waals surface area contributed by atoms with Gasteiger partial charge in [-0.25, -0.2) is 8.78 Å². The zero-order valence-corrected chi connectivity index (χ0v) is 6.90.